The van der Waals surface area contributed by atoms with Gasteiger partial charge in [-0.05, 0) is 58.8 Å². The van der Waals surface area contributed by atoms with Gasteiger partial charge < -0.3 is 4.90 Å². The van der Waals surface area contributed by atoms with E-state index < -0.39 is 0 Å². The van der Waals surface area contributed by atoms with Crippen LogP contribution in [0.4, 0.5) is 0 Å². The van der Waals surface area contributed by atoms with Gasteiger partial charge in [-0.2, -0.15) is 0 Å². The molecule has 0 aromatic heterocycles. The van der Waals surface area contributed by atoms with Crippen LogP contribution < -0.4 is 0 Å². The lowest BCUT2D eigenvalue weighted by atomic mass is 10.0. The van der Waals surface area contributed by atoms with E-state index >= 15 is 0 Å². The van der Waals surface area contributed by atoms with E-state index in [1.54, 1.807) is 0 Å². The van der Waals surface area contributed by atoms with Gasteiger partial charge in [0.15, 0.2) is 0 Å². The van der Waals surface area contributed by atoms with Crippen LogP contribution in [-0.2, 0) is 0 Å². The summed E-state index contributed by atoms with van der Waals surface area (Å²) in [6.07, 6.45) is 81.6. The smallest absolute Gasteiger partial charge is 0.0194 e. The molecule has 69 heavy (non-hydrogen) atoms. The molecule has 0 aliphatic carbocycles. The topological polar surface area (TPSA) is 6.48 Å². The first-order chi connectivity index (χ1) is 34.2. The van der Waals surface area contributed by atoms with Crippen molar-refractivity contribution in [2.24, 2.45) is 0 Å². The van der Waals surface area contributed by atoms with Gasteiger partial charge in [-0.1, -0.05) is 362 Å². The number of nitrogens with zero attached hydrogens (tertiary/aromatic N) is 2. The molecule has 0 fully saturated rings. The van der Waals surface area contributed by atoms with E-state index in [4.69, 9.17) is 0 Å². The standard InChI is InChI=1S/C67H138N2/c1-6-10-14-18-22-26-30-34-38-42-46-50-54-58-62-68(63-59-55-51-47-43-39-35-31-27-23-19-15-11-7-2)66-67(5)69(64-60-56-52-48-44-40-36-32-28-24-20-16-12-8-3)65-61-57-53-49-45-41-37-33-29-25-21-17-13-9-4/h67H,6-66H2,1-5H3. The van der Waals surface area contributed by atoms with Crippen LogP contribution in [-0.4, -0.2) is 48.6 Å². The van der Waals surface area contributed by atoms with E-state index in [2.05, 4.69) is 44.4 Å². The van der Waals surface area contributed by atoms with Crippen molar-refractivity contribution >= 4 is 0 Å². The minimum Gasteiger partial charge on any atom is -0.302 e. The Morgan fingerprint density at radius 1 is 0.188 bits per heavy atom. The molecule has 0 aliphatic heterocycles. The molecule has 0 aliphatic rings. The maximum absolute atomic E-state index is 2.98. The zero-order valence-corrected chi connectivity index (χ0v) is 49.6. The Bertz CT molecular complexity index is 807. The monoisotopic (exact) mass is 971 g/mol. The second kappa shape index (κ2) is 62.2. The van der Waals surface area contributed by atoms with E-state index in [0.717, 1.165) is 0 Å². The van der Waals surface area contributed by atoms with E-state index in [0.29, 0.717) is 6.04 Å². The fourth-order valence-corrected chi connectivity index (χ4v) is 11.4. The molecule has 0 saturated heterocycles. The summed E-state index contributed by atoms with van der Waals surface area (Å²) >= 11 is 0. The van der Waals surface area contributed by atoms with Crippen molar-refractivity contribution in [3.8, 4) is 0 Å². The Hall–Kier alpha value is -0.0800. The number of hydrogen-bond acceptors (Lipinski definition) is 2. The molecular weight excluding hydrogens is 833 g/mol. The Morgan fingerprint density at radius 3 is 0.507 bits per heavy atom. The minimum absolute atomic E-state index is 0.687. The third-order valence-corrected chi connectivity index (χ3v) is 16.4. The van der Waals surface area contributed by atoms with Gasteiger partial charge in [0.25, 0.3) is 0 Å². The zero-order chi connectivity index (χ0) is 49.9. The highest BCUT2D eigenvalue weighted by Crippen LogP contribution is 2.19. The molecule has 416 valence electrons. The largest absolute Gasteiger partial charge is 0.302 e. The predicted octanol–water partition coefficient (Wildman–Crippen LogP) is 23.9. The molecule has 0 aromatic rings. The lowest BCUT2D eigenvalue weighted by Crippen LogP contribution is -2.44. The highest BCUT2D eigenvalue weighted by Gasteiger charge is 2.17. The van der Waals surface area contributed by atoms with Gasteiger partial charge in [-0.25, -0.2) is 0 Å². The van der Waals surface area contributed by atoms with Gasteiger partial charge in [-0.15, -0.1) is 0 Å². The fourth-order valence-electron chi connectivity index (χ4n) is 11.4. The van der Waals surface area contributed by atoms with Crippen molar-refractivity contribution in [3.05, 3.63) is 0 Å². The van der Waals surface area contributed by atoms with Gasteiger partial charge in [0.05, 0.1) is 0 Å². The molecule has 0 aromatic carbocycles. The van der Waals surface area contributed by atoms with Crippen molar-refractivity contribution in [3.63, 3.8) is 0 Å². The first-order valence-corrected chi connectivity index (χ1v) is 33.7. The van der Waals surface area contributed by atoms with Gasteiger partial charge in [-0.3, -0.25) is 4.90 Å². The van der Waals surface area contributed by atoms with Crippen LogP contribution in [0.3, 0.4) is 0 Å². The van der Waals surface area contributed by atoms with E-state index in [9.17, 15) is 0 Å². The zero-order valence-electron chi connectivity index (χ0n) is 49.6. The molecule has 2 nitrogen and oxygen atoms in total. The molecular formula is C67H138N2. The van der Waals surface area contributed by atoms with E-state index in [1.165, 1.54) is 392 Å². The third-order valence-electron chi connectivity index (χ3n) is 16.4. The first kappa shape index (κ1) is 68.9. The summed E-state index contributed by atoms with van der Waals surface area (Å²) in [5, 5.41) is 0. The molecule has 0 saturated carbocycles. The van der Waals surface area contributed by atoms with Crippen LogP contribution in [0.2, 0.25) is 0 Å². The van der Waals surface area contributed by atoms with Crippen molar-refractivity contribution < 1.29 is 0 Å². The first-order valence-electron chi connectivity index (χ1n) is 33.7. The summed E-state index contributed by atoms with van der Waals surface area (Å²) in [5.41, 5.74) is 0. The van der Waals surface area contributed by atoms with Gasteiger partial charge in [0, 0.05) is 12.6 Å². The van der Waals surface area contributed by atoms with E-state index in [1.807, 2.05) is 0 Å². The summed E-state index contributed by atoms with van der Waals surface area (Å²) < 4.78 is 0. The number of unbranched alkanes of at least 4 members (excludes halogenated alkanes) is 52. The van der Waals surface area contributed by atoms with Crippen molar-refractivity contribution in [1.82, 2.24) is 9.80 Å². The third kappa shape index (κ3) is 57.1. The lowest BCUT2D eigenvalue weighted by Gasteiger charge is -2.34. The van der Waals surface area contributed by atoms with Crippen LogP contribution in [0.25, 0.3) is 0 Å². The van der Waals surface area contributed by atoms with Crippen LogP contribution in [0.15, 0.2) is 0 Å². The molecule has 2 heteroatoms. The van der Waals surface area contributed by atoms with Gasteiger partial charge >= 0.3 is 0 Å². The maximum Gasteiger partial charge on any atom is 0.0194 e. The normalized spacial score (nSPS) is 12.4. The summed E-state index contributed by atoms with van der Waals surface area (Å²) in [4.78, 5) is 5.93. The van der Waals surface area contributed by atoms with Crippen molar-refractivity contribution in [2.45, 2.75) is 400 Å². The summed E-state index contributed by atoms with van der Waals surface area (Å²) in [6, 6.07) is 0.687. The van der Waals surface area contributed by atoms with Crippen LogP contribution in [0.5, 0.6) is 0 Å². The van der Waals surface area contributed by atoms with Crippen molar-refractivity contribution in [2.75, 3.05) is 32.7 Å². The van der Waals surface area contributed by atoms with Gasteiger partial charge in [0.2, 0.25) is 0 Å². The molecule has 0 N–H and O–H groups in total. The second-order valence-electron chi connectivity index (χ2n) is 23.6. The Balaban J connectivity index is 4.92. The molecule has 0 spiro atoms. The summed E-state index contributed by atoms with van der Waals surface area (Å²) in [5.74, 6) is 0. The molecule has 1 atom stereocenters. The fraction of sp³-hybridized carbons (Fsp3) is 1.00. The Labute approximate surface area is 440 Å². The average molecular weight is 972 g/mol. The van der Waals surface area contributed by atoms with E-state index in [-0.39, 0.29) is 0 Å². The molecule has 0 amide bonds. The molecule has 1 unspecified atom stereocenters. The minimum atomic E-state index is 0.687. The number of hydrogen-bond donors (Lipinski definition) is 0. The summed E-state index contributed by atoms with van der Waals surface area (Å²) in [7, 11) is 0. The number of rotatable bonds is 63. The summed E-state index contributed by atoms with van der Waals surface area (Å²) in [6.45, 7) is 18.6. The predicted molar refractivity (Wildman–Crippen MR) is 319 cm³/mol. The Morgan fingerprint density at radius 2 is 0.333 bits per heavy atom. The van der Waals surface area contributed by atoms with Crippen LogP contribution >= 0.6 is 0 Å². The quantitative estimate of drug-likeness (QED) is 0.0561. The maximum atomic E-state index is 2.98. The van der Waals surface area contributed by atoms with Crippen LogP contribution in [0, 0.1) is 0 Å². The lowest BCUT2D eigenvalue weighted by molar-refractivity contribution is 0.140. The second-order valence-corrected chi connectivity index (χ2v) is 23.6. The molecule has 0 radical (unpaired) electrons. The Kier molecular flexibility index (Phi) is 62.1. The average Bonchev–Trinajstić information content (AvgIpc) is 3.35. The molecule has 0 heterocycles. The SMILES string of the molecule is CCCCCCCCCCCCCCCCN(CCCCCCCCCCCCCCCC)CC(C)N(CCCCCCCCCCCCCCCC)CCCCCCCCCCCCCCCC. The molecule has 0 bridgehead atoms. The highest BCUT2D eigenvalue weighted by atomic mass is 15.2. The molecule has 0 rings (SSSR count). The van der Waals surface area contributed by atoms with Crippen LogP contribution in [0.1, 0.15) is 394 Å². The van der Waals surface area contributed by atoms with Crippen molar-refractivity contribution in [1.29, 1.82) is 0 Å². The van der Waals surface area contributed by atoms with Gasteiger partial charge in [0.1, 0.15) is 0 Å². The highest BCUT2D eigenvalue weighted by molar-refractivity contribution is 4.74.